The first kappa shape index (κ1) is 25.7. The van der Waals surface area contributed by atoms with Crippen LogP contribution in [-0.2, 0) is 24.2 Å². The van der Waals surface area contributed by atoms with Gasteiger partial charge in [-0.3, -0.25) is 4.79 Å². The summed E-state index contributed by atoms with van der Waals surface area (Å²) in [5, 5.41) is 9.20. The maximum atomic E-state index is 14.5. The van der Waals surface area contributed by atoms with E-state index in [1.807, 2.05) is 36.4 Å². The standard InChI is InChI=1S/C27H28FNO4.C3H6/c1-16(27(30)31)11-17-3-4-18-6-10-25(33-26(18)12-17)19-5-8-22(20(13-19)15-29)23-14-21(32-2)7-9-24(23)28;1-2-3-1/h3-5,7-9,12-14,16,25H,6,10-11,15,29H2,1-2H3,(H,30,31);1-3H2. The monoisotopic (exact) mass is 491 g/mol. The van der Waals surface area contributed by atoms with Crippen LogP contribution >= 0.6 is 0 Å². The van der Waals surface area contributed by atoms with Crippen molar-refractivity contribution in [3.05, 3.63) is 82.7 Å². The highest BCUT2D eigenvalue weighted by Crippen LogP contribution is 2.38. The zero-order valence-electron chi connectivity index (χ0n) is 20.9. The topological polar surface area (TPSA) is 81.8 Å². The fourth-order valence-corrected chi connectivity index (χ4v) is 4.30. The number of fused-ring (bicyclic) bond motifs is 1. The van der Waals surface area contributed by atoms with Crippen LogP contribution in [-0.4, -0.2) is 18.2 Å². The molecule has 5 rings (SSSR count). The first-order valence-corrected chi connectivity index (χ1v) is 12.6. The Morgan fingerprint density at radius 1 is 1.11 bits per heavy atom. The van der Waals surface area contributed by atoms with Gasteiger partial charge in [-0.15, -0.1) is 0 Å². The molecule has 3 aromatic rings. The van der Waals surface area contributed by atoms with E-state index in [1.165, 1.54) is 25.3 Å². The van der Waals surface area contributed by atoms with Crippen LogP contribution in [0.1, 0.15) is 61.0 Å². The maximum absolute atomic E-state index is 14.5. The first-order valence-electron chi connectivity index (χ1n) is 12.6. The largest absolute Gasteiger partial charge is 0.497 e. The van der Waals surface area contributed by atoms with E-state index in [0.717, 1.165) is 46.4 Å². The summed E-state index contributed by atoms with van der Waals surface area (Å²) in [4.78, 5) is 11.2. The second kappa shape index (κ2) is 11.6. The van der Waals surface area contributed by atoms with Crippen molar-refractivity contribution >= 4 is 5.97 Å². The number of hydrogen-bond donors (Lipinski definition) is 2. The molecule has 5 nitrogen and oxygen atoms in total. The van der Waals surface area contributed by atoms with Gasteiger partial charge in [-0.1, -0.05) is 56.5 Å². The Hall–Kier alpha value is -3.38. The van der Waals surface area contributed by atoms with Gasteiger partial charge in [-0.05, 0) is 71.3 Å². The van der Waals surface area contributed by atoms with Crippen molar-refractivity contribution in [1.82, 2.24) is 0 Å². The number of rotatable bonds is 7. The molecule has 1 heterocycles. The number of aryl methyl sites for hydroxylation is 1. The molecule has 0 spiro atoms. The van der Waals surface area contributed by atoms with E-state index in [4.69, 9.17) is 15.2 Å². The van der Waals surface area contributed by atoms with Crippen molar-refractivity contribution in [3.63, 3.8) is 0 Å². The molecule has 0 radical (unpaired) electrons. The Bertz CT molecular complexity index is 1220. The predicted octanol–water partition coefficient (Wildman–Crippen LogP) is 6.46. The van der Waals surface area contributed by atoms with Gasteiger partial charge in [0.15, 0.2) is 0 Å². The second-order valence-corrected chi connectivity index (χ2v) is 9.56. The van der Waals surface area contributed by atoms with E-state index in [0.29, 0.717) is 17.7 Å². The van der Waals surface area contributed by atoms with E-state index in [1.54, 1.807) is 26.2 Å². The smallest absolute Gasteiger partial charge is 0.306 e. The number of nitrogens with two attached hydrogens (primary N) is 1. The lowest BCUT2D eigenvalue weighted by atomic mass is 9.91. The summed E-state index contributed by atoms with van der Waals surface area (Å²) in [5.74, 6) is -0.228. The molecule has 0 amide bonds. The molecule has 2 unspecified atom stereocenters. The summed E-state index contributed by atoms with van der Waals surface area (Å²) in [6.45, 7) is 1.97. The molecule has 6 heteroatoms. The number of ether oxygens (including phenoxy) is 2. The van der Waals surface area contributed by atoms with Gasteiger partial charge in [0, 0.05) is 12.1 Å². The molecule has 0 saturated heterocycles. The minimum absolute atomic E-state index is 0.154. The predicted molar refractivity (Wildman–Crippen MR) is 139 cm³/mol. The molecule has 1 fully saturated rings. The zero-order valence-corrected chi connectivity index (χ0v) is 20.9. The highest BCUT2D eigenvalue weighted by atomic mass is 19.1. The van der Waals surface area contributed by atoms with E-state index in [-0.39, 0.29) is 18.5 Å². The van der Waals surface area contributed by atoms with Crippen LogP contribution in [0, 0.1) is 11.7 Å². The Balaban J connectivity index is 0.000000943. The average molecular weight is 492 g/mol. The number of carboxylic acid groups (broad SMARTS) is 1. The lowest BCUT2D eigenvalue weighted by molar-refractivity contribution is -0.141. The Kier molecular flexibility index (Phi) is 8.26. The van der Waals surface area contributed by atoms with Gasteiger partial charge in [0.25, 0.3) is 0 Å². The maximum Gasteiger partial charge on any atom is 0.306 e. The van der Waals surface area contributed by atoms with Crippen LogP contribution in [0.15, 0.2) is 54.6 Å². The summed E-state index contributed by atoms with van der Waals surface area (Å²) in [5.41, 5.74) is 11.1. The fraction of sp³-hybridized carbons (Fsp3) is 0.367. The van der Waals surface area contributed by atoms with Gasteiger partial charge < -0.3 is 20.3 Å². The number of hydrogen-bond acceptors (Lipinski definition) is 4. The third kappa shape index (κ3) is 6.24. The van der Waals surface area contributed by atoms with Gasteiger partial charge in [-0.2, -0.15) is 0 Å². The van der Waals surface area contributed by atoms with Crippen molar-refractivity contribution in [3.8, 4) is 22.6 Å². The molecule has 3 N–H and O–H groups in total. The minimum atomic E-state index is -0.812. The van der Waals surface area contributed by atoms with Crippen LogP contribution in [0.3, 0.4) is 0 Å². The summed E-state index contributed by atoms with van der Waals surface area (Å²) in [7, 11) is 1.55. The minimum Gasteiger partial charge on any atom is -0.497 e. The summed E-state index contributed by atoms with van der Waals surface area (Å²) < 4.78 is 26.1. The molecule has 1 saturated carbocycles. The quantitative estimate of drug-likeness (QED) is 0.396. The van der Waals surface area contributed by atoms with E-state index < -0.39 is 11.9 Å². The van der Waals surface area contributed by atoms with Gasteiger partial charge >= 0.3 is 5.97 Å². The summed E-state index contributed by atoms with van der Waals surface area (Å²) >= 11 is 0. The summed E-state index contributed by atoms with van der Waals surface area (Å²) in [6, 6.07) is 16.4. The zero-order chi connectivity index (χ0) is 25.7. The van der Waals surface area contributed by atoms with E-state index >= 15 is 0 Å². The van der Waals surface area contributed by atoms with E-state index in [9.17, 15) is 14.3 Å². The second-order valence-electron chi connectivity index (χ2n) is 9.56. The molecule has 2 atom stereocenters. The fourth-order valence-electron chi connectivity index (χ4n) is 4.30. The third-order valence-electron chi connectivity index (χ3n) is 6.58. The first-order chi connectivity index (χ1) is 17.4. The lowest BCUT2D eigenvalue weighted by Gasteiger charge is -2.28. The Morgan fingerprint density at radius 3 is 2.56 bits per heavy atom. The highest BCUT2D eigenvalue weighted by molar-refractivity contribution is 5.70. The average Bonchev–Trinajstić information content (AvgIpc) is 3.78. The lowest BCUT2D eigenvalue weighted by Crippen LogP contribution is -2.17. The van der Waals surface area contributed by atoms with Gasteiger partial charge in [0.05, 0.1) is 13.0 Å². The van der Waals surface area contributed by atoms with Gasteiger partial charge in [0.2, 0.25) is 0 Å². The molecule has 190 valence electrons. The SMILES string of the molecule is C1CC1.COc1ccc(F)c(-c2ccc(C3CCc4ccc(CC(C)C(=O)O)cc4O3)cc2CN)c1. The van der Waals surface area contributed by atoms with Crippen LogP contribution in [0.2, 0.25) is 0 Å². The molecule has 3 aromatic carbocycles. The number of carboxylic acids is 1. The van der Waals surface area contributed by atoms with Gasteiger partial charge in [-0.25, -0.2) is 4.39 Å². The molecule has 0 aromatic heterocycles. The van der Waals surface area contributed by atoms with Crippen molar-refractivity contribution < 1.29 is 23.8 Å². The Labute approximate surface area is 212 Å². The number of aliphatic carboxylic acids is 1. The van der Waals surface area contributed by atoms with Crippen LogP contribution in [0.4, 0.5) is 4.39 Å². The molecular weight excluding hydrogens is 457 g/mol. The van der Waals surface area contributed by atoms with Crippen molar-refractivity contribution in [2.75, 3.05) is 7.11 Å². The highest BCUT2D eigenvalue weighted by Gasteiger charge is 2.23. The van der Waals surface area contributed by atoms with Gasteiger partial charge in [0.1, 0.15) is 23.4 Å². The van der Waals surface area contributed by atoms with Crippen molar-refractivity contribution in [2.45, 2.75) is 58.1 Å². The van der Waals surface area contributed by atoms with E-state index in [2.05, 4.69) is 0 Å². The number of methoxy groups -OCH3 is 1. The van der Waals surface area contributed by atoms with Crippen LogP contribution in [0.5, 0.6) is 11.5 Å². The number of benzene rings is 3. The molecule has 1 aliphatic carbocycles. The normalized spacial score (nSPS) is 16.6. The molecule has 1 aliphatic heterocycles. The van der Waals surface area contributed by atoms with Crippen molar-refractivity contribution in [1.29, 1.82) is 0 Å². The summed E-state index contributed by atoms with van der Waals surface area (Å²) in [6.07, 6.45) is 6.47. The van der Waals surface area contributed by atoms with Crippen LogP contribution in [0.25, 0.3) is 11.1 Å². The molecular formula is C30H34FNO4. The Morgan fingerprint density at radius 2 is 1.89 bits per heavy atom. The van der Waals surface area contributed by atoms with Crippen LogP contribution < -0.4 is 15.2 Å². The third-order valence-corrected chi connectivity index (χ3v) is 6.58. The van der Waals surface area contributed by atoms with Crippen molar-refractivity contribution in [2.24, 2.45) is 11.7 Å². The number of carbonyl (C=O) groups is 1. The molecule has 0 bridgehead atoms. The number of halogens is 1. The molecule has 2 aliphatic rings. The molecule has 36 heavy (non-hydrogen) atoms.